The Morgan fingerprint density at radius 1 is 1.17 bits per heavy atom. The second-order valence-corrected chi connectivity index (χ2v) is 5.96. The van der Waals surface area contributed by atoms with Gasteiger partial charge in [-0.25, -0.2) is 0 Å². The van der Waals surface area contributed by atoms with Crippen LogP contribution in [0.1, 0.15) is 24.1 Å². The molecular formula is C18H16N2O3. The van der Waals surface area contributed by atoms with Crippen LogP contribution < -0.4 is 5.32 Å². The molecular weight excluding hydrogens is 292 g/mol. The van der Waals surface area contributed by atoms with Crippen LogP contribution in [0.2, 0.25) is 0 Å². The summed E-state index contributed by atoms with van der Waals surface area (Å²) in [5, 5.41) is 7.06. The van der Waals surface area contributed by atoms with E-state index in [-0.39, 0.29) is 5.91 Å². The molecule has 5 heteroatoms. The summed E-state index contributed by atoms with van der Waals surface area (Å²) in [5.74, 6) is 1.11. The third-order valence-electron chi connectivity index (χ3n) is 4.26. The van der Waals surface area contributed by atoms with Gasteiger partial charge < -0.3 is 14.3 Å². The van der Waals surface area contributed by atoms with Crippen LogP contribution in [0.25, 0.3) is 11.5 Å². The van der Waals surface area contributed by atoms with Crippen LogP contribution in [0, 0.1) is 6.92 Å². The number of carbonyl (C=O) groups is 1. The molecule has 0 radical (unpaired) electrons. The summed E-state index contributed by atoms with van der Waals surface area (Å²) in [6.45, 7) is 2.01. The zero-order chi connectivity index (χ0) is 15.9. The zero-order valence-electron chi connectivity index (χ0n) is 12.7. The van der Waals surface area contributed by atoms with Gasteiger partial charge in [-0.1, -0.05) is 22.9 Å². The maximum Gasteiger partial charge on any atom is 0.236 e. The summed E-state index contributed by atoms with van der Waals surface area (Å²) in [4.78, 5) is 12.7. The molecule has 23 heavy (non-hydrogen) atoms. The summed E-state index contributed by atoms with van der Waals surface area (Å²) in [5.41, 5.74) is 2.03. The molecule has 1 aliphatic carbocycles. The molecule has 0 aliphatic heterocycles. The Morgan fingerprint density at radius 2 is 1.96 bits per heavy atom. The maximum atomic E-state index is 12.7. The van der Waals surface area contributed by atoms with Crippen molar-refractivity contribution in [3.05, 3.63) is 60.0 Å². The number of nitrogens with one attached hydrogen (secondary N) is 1. The first kappa shape index (κ1) is 13.8. The lowest BCUT2D eigenvalue weighted by molar-refractivity contribution is -0.118. The zero-order valence-corrected chi connectivity index (χ0v) is 12.7. The molecule has 1 saturated carbocycles. The standard InChI is InChI=1S/C18H16N2O3/c1-12-4-6-13(7-5-12)19-17(21)18(8-9-18)16-11-15(23-20-16)14-3-2-10-22-14/h2-7,10-11H,8-9H2,1H3,(H,19,21). The van der Waals surface area contributed by atoms with Crippen LogP contribution >= 0.6 is 0 Å². The second kappa shape index (κ2) is 5.12. The number of nitrogens with zero attached hydrogens (tertiary/aromatic N) is 1. The fourth-order valence-corrected chi connectivity index (χ4v) is 2.65. The van der Waals surface area contributed by atoms with E-state index in [4.69, 9.17) is 8.94 Å². The van der Waals surface area contributed by atoms with Crippen LogP contribution in [0.3, 0.4) is 0 Å². The van der Waals surface area contributed by atoms with Crippen molar-refractivity contribution in [2.24, 2.45) is 0 Å². The van der Waals surface area contributed by atoms with Gasteiger partial charge in [0.15, 0.2) is 5.76 Å². The number of rotatable bonds is 4. The number of hydrogen-bond donors (Lipinski definition) is 1. The van der Waals surface area contributed by atoms with E-state index in [1.165, 1.54) is 0 Å². The summed E-state index contributed by atoms with van der Waals surface area (Å²) in [7, 11) is 0. The molecule has 1 aliphatic rings. The van der Waals surface area contributed by atoms with Gasteiger partial charge in [0, 0.05) is 11.8 Å². The Morgan fingerprint density at radius 3 is 2.61 bits per heavy atom. The quantitative estimate of drug-likeness (QED) is 0.793. The largest absolute Gasteiger partial charge is 0.461 e. The van der Waals surface area contributed by atoms with Crippen LogP contribution in [0.5, 0.6) is 0 Å². The van der Waals surface area contributed by atoms with E-state index < -0.39 is 5.41 Å². The molecule has 116 valence electrons. The van der Waals surface area contributed by atoms with Crippen LogP contribution in [-0.2, 0) is 10.2 Å². The minimum atomic E-state index is -0.584. The molecule has 0 spiro atoms. The van der Waals surface area contributed by atoms with E-state index in [9.17, 15) is 4.79 Å². The minimum Gasteiger partial charge on any atom is -0.461 e. The minimum absolute atomic E-state index is 0.0411. The number of anilines is 1. The highest BCUT2D eigenvalue weighted by atomic mass is 16.5. The van der Waals surface area contributed by atoms with Crippen molar-refractivity contribution in [2.45, 2.75) is 25.2 Å². The van der Waals surface area contributed by atoms with E-state index in [0.717, 1.165) is 24.1 Å². The summed E-state index contributed by atoms with van der Waals surface area (Å²) in [6.07, 6.45) is 3.12. The van der Waals surface area contributed by atoms with Crippen LogP contribution in [0.15, 0.2) is 57.7 Å². The molecule has 4 rings (SSSR count). The highest BCUT2D eigenvalue weighted by Gasteiger charge is 2.53. The van der Waals surface area contributed by atoms with Gasteiger partial charge in [-0.2, -0.15) is 0 Å². The fraction of sp³-hybridized carbons (Fsp3) is 0.222. The van der Waals surface area contributed by atoms with Gasteiger partial charge in [0.05, 0.1) is 17.4 Å². The van der Waals surface area contributed by atoms with Crippen LogP contribution in [0.4, 0.5) is 5.69 Å². The lowest BCUT2D eigenvalue weighted by Crippen LogP contribution is -2.28. The van der Waals surface area contributed by atoms with Crippen molar-refractivity contribution in [3.8, 4) is 11.5 Å². The fourth-order valence-electron chi connectivity index (χ4n) is 2.65. The van der Waals surface area contributed by atoms with E-state index in [1.54, 1.807) is 24.5 Å². The molecule has 1 fully saturated rings. The van der Waals surface area contributed by atoms with Crippen molar-refractivity contribution in [2.75, 3.05) is 5.32 Å². The van der Waals surface area contributed by atoms with Gasteiger partial charge in [0.1, 0.15) is 0 Å². The molecule has 0 atom stereocenters. The number of furan rings is 1. The number of carbonyl (C=O) groups excluding carboxylic acids is 1. The number of aromatic nitrogens is 1. The monoisotopic (exact) mass is 308 g/mol. The summed E-state index contributed by atoms with van der Waals surface area (Å²) >= 11 is 0. The molecule has 0 saturated heterocycles. The Hall–Kier alpha value is -2.82. The van der Waals surface area contributed by atoms with Gasteiger partial charge in [-0.15, -0.1) is 0 Å². The van der Waals surface area contributed by atoms with E-state index in [1.807, 2.05) is 31.2 Å². The molecule has 1 N–H and O–H groups in total. The van der Waals surface area contributed by atoms with Crippen molar-refractivity contribution >= 4 is 11.6 Å². The topological polar surface area (TPSA) is 68.3 Å². The van der Waals surface area contributed by atoms with Gasteiger partial charge in [0.25, 0.3) is 0 Å². The Labute approximate surface area is 133 Å². The molecule has 5 nitrogen and oxygen atoms in total. The van der Waals surface area contributed by atoms with Gasteiger partial charge in [-0.05, 0) is 44.0 Å². The number of aryl methyl sites for hydroxylation is 1. The molecule has 1 amide bonds. The summed E-state index contributed by atoms with van der Waals surface area (Å²) in [6, 6.07) is 13.1. The molecule has 2 aromatic heterocycles. The number of amides is 1. The third kappa shape index (κ3) is 2.44. The maximum absolute atomic E-state index is 12.7. The molecule has 1 aromatic carbocycles. The molecule has 0 unspecified atom stereocenters. The highest BCUT2D eigenvalue weighted by molar-refractivity contribution is 6.01. The first-order valence-corrected chi connectivity index (χ1v) is 7.57. The predicted molar refractivity (Wildman–Crippen MR) is 84.9 cm³/mol. The SMILES string of the molecule is Cc1ccc(NC(=O)C2(c3cc(-c4ccco4)on3)CC2)cc1. The first-order valence-electron chi connectivity index (χ1n) is 7.57. The second-order valence-electron chi connectivity index (χ2n) is 5.96. The lowest BCUT2D eigenvalue weighted by atomic mass is 10.0. The van der Waals surface area contributed by atoms with Gasteiger partial charge in [-0.3, -0.25) is 4.79 Å². The Bertz CT molecular complexity index is 828. The molecule has 3 aromatic rings. The Kier molecular flexibility index (Phi) is 3.08. The van der Waals surface area contributed by atoms with Crippen molar-refractivity contribution in [3.63, 3.8) is 0 Å². The van der Waals surface area contributed by atoms with E-state index >= 15 is 0 Å². The average Bonchev–Trinajstić information content (AvgIpc) is 2.99. The third-order valence-corrected chi connectivity index (χ3v) is 4.26. The van der Waals surface area contributed by atoms with Gasteiger partial charge >= 0.3 is 0 Å². The van der Waals surface area contributed by atoms with Gasteiger partial charge in [0.2, 0.25) is 11.7 Å². The van der Waals surface area contributed by atoms with Crippen molar-refractivity contribution < 1.29 is 13.7 Å². The smallest absolute Gasteiger partial charge is 0.236 e. The number of hydrogen-bond acceptors (Lipinski definition) is 4. The van der Waals surface area contributed by atoms with E-state index in [0.29, 0.717) is 17.2 Å². The lowest BCUT2D eigenvalue weighted by Gasteiger charge is -2.12. The summed E-state index contributed by atoms with van der Waals surface area (Å²) < 4.78 is 10.6. The predicted octanol–water partition coefficient (Wildman–Crippen LogP) is 3.91. The highest BCUT2D eigenvalue weighted by Crippen LogP contribution is 2.49. The van der Waals surface area contributed by atoms with E-state index in [2.05, 4.69) is 10.5 Å². The first-order chi connectivity index (χ1) is 11.2. The van der Waals surface area contributed by atoms with Crippen molar-refractivity contribution in [1.29, 1.82) is 0 Å². The normalized spacial score (nSPS) is 15.3. The van der Waals surface area contributed by atoms with Crippen molar-refractivity contribution in [1.82, 2.24) is 5.16 Å². The van der Waals surface area contributed by atoms with Crippen LogP contribution in [-0.4, -0.2) is 11.1 Å². The Balaban J connectivity index is 1.56. The average molecular weight is 308 g/mol. The molecule has 0 bridgehead atoms. The molecule has 2 heterocycles. The number of benzene rings is 1.